The van der Waals surface area contributed by atoms with Crippen molar-refractivity contribution in [2.45, 2.75) is 25.3 Å². The van der Waals surface area contributed by atoms with Crippen LogP contribution in [-0.4, -0.2) is 6.54 Å². The lowest BCUT2D eigenvalue weighted by atomic mass is 10.1. The Balaban J connectivity index is 0.00000169. The SMILES string of the molecule is Cl.NCCCC[C@H](N)c1ccc(Br)o1. The molecule has 0 unspecified atom stereocenters. The Bertz CT molecular complexity index is 255. The maximum absolute atomic E-state index is 5.89. The Morgan fingerprint density at radius 3 is 2.57 bits per heavy atom. The van der Waals surface area contributed by atoms with E-state index in [-0.39, 0.29) is 18.4 Å². The van der Waals surface area contributed by atoms with E-state index < -0.39 is 0 Å². The molecule has 0 saturated carbocycles. The van der Waals surface area contributed by atoms with Crippen molar-refractivity contribution in [2.24, 2.45) is 11.5 Å². The fourth-order valence-electron chi connectivity index (χ4n) is 1.18. The summed E-state index contributed by atoms with van der Waals surface area (Å²) in [6.45, 7) is 0.731. The number of rotatable bonds is 5. The molecule has 4 N–H and O–H groups in total. The second-order valence-electron chi connectivity index (χ2n) is 3.03. The fourth-order valence-corrected chi connectivity index (χ4v) is 1.50. The molecule has 0 aliphatic rings. The first kappa shape index (κ1) is 14.0. The lowest BCUT2D eigenvalue weighted by Gasteiger charge is -2.07. The summed E-state index contributed by atoms with van der Waals surface area (Å²) in [4.78, 5) is 0. The van der Waals surface area contributed by atoms with E-state index in [2.05, 4.69) is 15.9 Å². The third-order valence-electron chi connectivity index (χ3n) is 1.93. The summed E-state index contributed by atoms with van der Waals surface area (Å²) < 4.78 is 6.07. The van der Waals surface area contributed by atoms with Gasteiger partial charge in [0.1, 0.15) is 5.76 Å². The topological polar surface area (TPSA) is 65.2 Å². The van der Waals surface area contributed by atoms with Crippen molar-refractivity contribution in [3.63, 3.8) is 0 Å². The predicted molar refractivity (Wildman–Crippen MR) is 63.5 cm³/mol. The summed E-state index contributed by atoms with van der Waals surface area (Å²) in [7, 11) is 0. The molecule has 82 valence electrons. The van der Waals surface area contributed by atoms with Crippen LogP contribution in [0.4, 0.5) is 0 Å². The van der Waals surface area contributed by atoms with Crippen molar-refractivity contribution in [2.75, 3.05) is 6.54 Å². The van der Waals surface area contributed by atoms with Gasteiger partial charge in [-0.05, 0) is 47.4 Å². The maximum Gasteiger partial charge on any atom is 0.169 e. The van der Waals surface area contributed by atoms with Gasteiger partial charge in [0.25, 0.3) is 0 Å². The monoisotopic (exact) mass is 282 g/mol. The van der Waals surface area contributed by atoms with Gasteiger partial charge in [-0.1, -0.05) is 6.42 Å². The summed E-state index contributed by atoms with van der Waals surface area (Å²) in [6, 6.07) is 3.76. The van der Waals surface area contributed by atoms with Crippen LogP contribution in [-0.2, 0) is 0 Å². The Morgan fingerprint density at radius 1 is 1.36 bits per heavy atom. The van der Waals surface area contributed by atoms with Crippen molar-refractivity contribution < 1.29 is 4.42 Å². The highest BCUT2D eigenvalue weighted by molar-refractivity contribution is 9.10. The van der Waals surface area contributed by atoms with E-state index in [0.29, 0.717) is 0 Å². The van der Waals surface area contributed by atoms with Gasteiger partial charge in [0.05, 0.1) is 6.04 Å². The van der Waals surface area contributed by atoms with Gasteiger partial charge >= 0.3 is 0 Å². The first-order chi connectivity index (χ1) is 6.24. The van der Waals surface area contributed by atoms with Crippen LogP contribution in [0, 0.1) is 0 Å². The Kier molecular flexibility index (Phi) is 7.27. The van der Waals surface area contributed by atoms with Crippen LogP contribution in [0.15, 0.2) is 21.2 Å². The predicted octanol–water partition coefficient (Wildman–Crippen LogP) is 2.59. The largest absolute Gasteiger partial charge is 0.453 e. The van der Waals surface area contributed by atoms with Crippen molar-refractivity contribution in [3.8, 4) is 0 Å². The smallest absolute Gasteiger partial charge is 0.169 e. The van der Waals surface area contributed by atoms with Gasteiger partial charge in [-0.3, -0.25) is 0 Å². The molecule has 1 atom stereocenters. The number of hydrogen-bond donors (Lipinski definition) is 2. The Labute approximate surface area is 98.8 Å². The molecule has 0 bridgehead atoms. The quantitative estimate of drug-likeness (QED) is 0.816. The average Bonchev–Trinajstić information content (AvgIpc) is 2.52. The van der Waals surface area contributed by atoms with Crippen LogP contribution in [0.25, 0.3) is 0 Å². The third kappa shape index (κ3) is 4.46. The molecule has 1 heterocycles. The number of furan rings is 1. The zero-order chi connectivity index (χ0) is 9.68. The van der Waals surface area contributed by atoms with E-state index >= 15 is 0 Å². The summed E-state index contributed by atoms with van der Waals surface area (Å²) in [6.07, 6.45) is 3.00. The van der Waals surface area contributed by atoms with Crippen LogP contribution in [0.2, 0.25) is 0 Å². The standard InChI is InChI=1S/C9H15BrN2O.ClH/c10-9-5-4-8(13-9)7(12)3-1-2-6-11;/h4-5,7H,1-3,6,11-12H2;1H/t7-;/m0./s1. The first-order valence-electron chi connectivity index (χ1n) is 4.45. The number of halogens is 2. The molecular weight excluding hydrogens is 267 g/mol. The lowest BCUT2D eigenvalue weighted by molar-refractivity contribution is 0.429. The fraction of sp³-hybridized carbons (Fsp3) is 0.556. The van der Waals surface area contributed by atoms with Gasteiger partial charge < -0.3 is 15.9 Å². The third-order valence-corrected chi connectivity index (χ3v) is 2.35. The van der Waals surface area contributed by atoms with Gasteiger partial charge in [0, 0.05) is 0 Å². The number of unbranched alkanes of at least 4 members (excludes halogenated alkanes) is 1. The maximum atomic E-state index is 5.89. The Hall–Kier alpha value is -0.0300. The second-order valence-corrected chi connectivity index (χ2v) is 3.81. The zero-order valence-electron chi connectivity index (χ0n) is 7.91. The molecule has 0 amide bonds. The normalized spacial score (nSPS) is 12.2. The first-order valence-corrected chi connectivity index (χ1v) is 5.24. The molecule has 1 aromatic rings. The van der Waals surface area contributed by atoms with E-state index in [1.807, 2.05) is 12.1 Å². The van der Waals surface area contributed by atoms with Crippen molar-refractivity contribution >= 4 is 28.3 Å². The van der Waals surface area contributed by atoms with Crippen LogP contribution >= 0.6 is 28.3 Å². The zero-order valence-corrected chi connectivity index (χ0v) is 10.3. The van der Waals surface area contributed by atoms with E-state index in [1.165, 1.54) is 0 Å². The van der Waals surface area contributed by atoms with Crippen molar-refractivity contribution in [3.05, 3.63) is 22.6 Å². The molecule has 0 aromatic carbocycles. The number of nitrogens with two attached hydrogens (primary N) is 2. The minimum atomic E-state index is -0.00199. The minimum Gasteiger partial charge on any atom is -0.453 e. The average molecular weight is 284 g/mol. The summed E-state index contributed by atoms with van der Waals surface area (Å²) in [5.74, 6) is 0.837. The summed E-state index contributed by atoms with van der Waals surface area (Å²) in [5, 5.41) is 0. The van der Waals surface area contributed by atoms with E-state index in [4.69, 9.17) is 15.9 Å². The highest BCUT2D eigenvalue weighted by atomic mass is 79.9. The van der Waals surface area contributed by atoms with Crippen LogP contribution in [0.5, 0.6) is 0 Å². The Morgan fingerprint density at radius 2 is 2.07 bits per heavy atom. The molecule has 3 nitrogen and oxygen atoms in total. The molecule has 0 saturated heterocycles. The lowest BCUT2D eigenvalue weighted by Crippen LogP contribution is -2.10. The van der Waals surface area contributed by atoms with Gasteiger partial charge in [-0.25, -0.2) is 0 Å². The van der Waals surface area contributed by atoms with Crippen molar-refractivity contribution in [1.29, 1.82) is 0 Å². The number of hydrogen-bond acceptors (Lipinski definition) is 3. The molecule has 0 spiro atoms. The summed E-state index contributed by atoms with van der Waals surface area (Å²) in [5.41, 5.74) is 11.3. The van der Waals surface area contributed by atoms with Crippen LogP contribution < -0.4 is 11.5 Å². The molecule has 0 radical (unpaired) electrons. The molecule has 0 aliphatic heterocycles. The highest BCUT2D eigenvalue weighted by Crippen LogP contribution is 2.22. The molecule has 0 aliphatic carbocycles. The molecular formula is C9H16BrClN2O. The molecule has 1 rings (SSSR count). The molecule has 0 fully saturated rings. The van der Waals surface area contributed by atoms with Gasteiger partial charge in [0.15, 0.2) is 4.67 Å². The molecule has 1 aromatic heterocycles. The van der Waals surface area contributed by atoms with Crippen LogP contribution in [0.3, 0.4) is 0 Å². The van der Waals surface area contributed by atoms with E-state index in [0.717, 1.165) is 36.2 Å². The van der Waals surface area contributed by atoms with Crippen molar-refractivity contribution in [1.82, 2.24) is 0 Å². The van der Waals surface area contributed by atoms with E-state index in [9.17, 15) is 0 Å². The van der Waals surface area contributed by atoms with Crippen LogP contribution in [0.1, 0.15) is 31.1 Å². The van der Waals surface area contributed by atoms with E-state index in [1.54, 1.807) is 0 Å². The van der Waals surface area contributed by atoms with Gasteiger partial charge in [-0.2, -0.15) is 0 Å². The highest BCUT2D eigenvalue weighted by Gasteiger charge is 2.09. The summed E-state index contributed by atoms with van der Waals surface area (Å²) >= 11 is 3.24. The second kappa shape index (κ2) is 7.29. The van der Waals surface area contributed by atoms with Gasteiger partial charge in [-0.15, -0.1) is 12.4 Å². The minimum absolute atomic E-state index is 0. The molecule has 14 heavy (non-hydrogen) atoms. The molecule has 5 heteroatoms. The van der Waals surface area contributed by atoms with Gasteiger partial charge in [0.2, 0.25) is 0 Å².